The molecule has 1 aliphatic rings. The molecule has 0 radical (unpaired) electrons. The molecule has 8 nitrogen and oxygen atoms in total. The van der Waals surface area contributed by atoms with E-state index in [-0.39, 0.29) is 5.91 Å². The van der Waals surface area contributed by atoms with Crippen molar-refractivity contribution in [3.05, 3.63) is 95.1 Å². The third-order valence-corrected chi connectivity index (χ3v) is 8.31. The van der Waals surface area contributed by atoms with Crippen LogP contribution in [0.15, 0.2) is 66.9 Å². The molecule has 0 saturated carbocycles. The van der Waals surface area contributed by atoms with E-state index in [1.165, 1.54) is 16.9 Å². The second-order valence-electron chi connectivity index (χ2n) is 10.1. The number of aromatic amines is 1. The largest absolute Gasteiger partial charge is 0.304 e. The molecule has 1 fully saturated rings. The third-order valence-electron chi connectivity index (χ3n) is 7.19. The number of nitrogens with one attached hydrogen (secondary N) is 2. The zero-order chi connectivity index (χ0) is 27.5. The van der Waals surface area contributed by atoms with Gasteiger partial charge in [0.2, 0.25) is 0 Å². The molecule has 6 rings (SSSR count). The summed E-state index contributed by atoms with van der Waals surface area (Å²) in [5, 5.41) is 12.2. The van der Waals surface area contributed by atoms with Crippen molar-refractivity contribution >= 4 is 45.4 Å². The van der Waals surface area contributed by atoms with Crippen LogP contribution in [0.3, 0.4) is 0 Å². The maximum absolute atomic E-state index is 13.0. The van der Waals surface area contributed by atoms with Crippen LogP contribution in [0.5, 0.6) is 0 Å². The molecule has 4 heterocycles. The predicted molar refractivity (Wildman–Crippen MR) is 162 cm³/mol. The van der Waals surface area contributed by atoms with Gasteiger partial charge in [0.25, 0.3) is 5.91 Å². The number of aryl methyl sites for hydroxylation is 1. The van der Waals surface area contributed by atoms with Crippen LogP contribution >= 0.6 is 11.3 Å². The molecule has 0 aliphatic carbocycles. The molecule has 1 amide bonds. The molecule has 9 heteroatoms. The normalized spacial score (nSPS) is 14.8. The number of hydrogen-bond acceptors (Lipinski definition) is 7. The molecule has 0 atom stereocenters. The van der Waals surface area contributed by atoms with Gasteiger partial charge in [0.15, 0.2) is 5.13 Å². The Hall–Kier alpha value is -4.18. The van der Waals surface area contributed by atoms with Crippen molar-refractivity contribution in [3.63, 3.8) is 0 Å². The van der Waals surface area contributed by atoms with Gasteiger partial charge in [-0.3, -0.25) is 25.1 Å². The number of H-pyrrole nitrogens is 1. The number of pyridine rings is 1. The van der Waals surface area contributed by atoms with Gasteiger partial charge in [0.05, 0.1) is 27.5 Å². The summed E-state index contributed by atoms with van der Waals surface area (Å²) in [5.41, 5.74) is 6.42. The Morgan fingerprint density at radius 2 is 1.88 bits per heavy atom. The summed E-state index contributed by atoms with van der Waals surface area (Å²) < 4.78 is 0. The van der Waals surface area contributed by atoms with Crippen LogP contribution in [0.4, 0.5) is 5.13 Å². The first-order valence-corrected chi connectivity index (χ1v) is 14.2. The molecule has 3 aromatic heterocycles. The van der Waals surface area contributed by atoms with E-state index >= 15 is 0 Å². The fourth-order valence-electron chi connectivity index (χ4n) is 4.86. The highest BCUT2D eigenvalue weighted by molar-refractivity contribution is 7.19. The van der Waals surface area contributed by atoms with Crippen molar-refractivity contribution in [2.75, 3.05) is 38.5 Å². The van der Waals surface area contributed by atoms with Crippen LogP contribution in [0.1, 0.15) is 33.0 Å². The number of piperazine rings is 1. The van der Waals surface area contributed by atoms with Crippen molar-refractivity contribution in [1.29, 1.82) is 0 Å². The van der Waals surface area contributed by atoms with Gasteiger partial charge in [-0.1, -0.05) is 35.6 Å². The van der Waals surface area contributed by atoms with E-state index in [9.17, 15) is 4.79 Å². The minimum absolute atomic E-state index is 0.153. The monoisotopic (exact) mass is 549 g/mol. The lowest BCUT2D eigenvalue weighted by molar-refractivity contribution is 0.102. The Balaban J connectivity index is 1.12. The maximum atomic E-state index is 13.0. The number of anilines is 1. The van der Waals surface area contributed by atoms with E-state index in [2.05, 4.69) is 60.5 Å². The summed E-state index contributed by atoms with van der Waals surface area (Å²) in [6.45, 7) is 7.21. The average molecular weight is 550 g/mol. The Bertz CT molecular complexity index is 1650. The molecule has 40 heavy (non-hydrogen) atoms. The number of carbonyl (C=O) groups is 1. The summed E-state index contributed by atoms with van der Waals surface area (Å²) in [7, 11) is 2.16. The van der Waals surface area contributed by atoms with E-state index < -0.39 is 0 Å². The van der Waals surface area contributed by atoms with Crippen LogP contribution in [-0.2, 0) is 6.54 Å². The minimum atomic E-state index is -0.153. The Morgan fingerprint density at radius 1 is 1.05 bits per heavy atom. The quantitative estimate of drug-likeness (QED) is 0.276. The highest BCUT2D eigenvalue weighted by Crippen LogP contribution is 2.35. The number of nitrogens with zero attached hydrogens (tertiary/aromatic N) is 5. The van der Waals surface area contributed by atoms with Crippen LogP contribution < -0.4 is 5.32 Å². The number of hydrogen-bond donors (Lipinski definition) is 2. The number of fused-ring (bicyclic) bond motifs is 1. The number of likely N-dealkylation sites (N-methyl/N-ethyl adjacent to an activating group) is 1. The van der Waals surface area contributed by atoms with Crippen molar-refractivity contribution in [2.24, 2.45) is 0 Å². The van der Waals surface area contributed by atoms with Crippen molar-refractivity contribution in [2.45, 2.75) is 13.5 Å². The first kappa shape index (κ1) is 26.1. The summed E-state index contributed by atoms with van der Waals surface area (Å²) in [6, 6.07) is 19.9. The lowest BCUT2D eigenvalue weighted by atomic mass is 10.1. The second kappa shape index (κ2) is 11.5. The molecule has 1 aliphatic heterocycles. The van der Waals surface area contributed by atoms with E-state index in [0.717, 1.165) is 71.1 Å². The Morgan fingerprint density at radius 3 is 2.65 bits per heavy atom. The first-order chi connectivity index (χ1) is 19.5. The summed E-state index contributed by atoms with van der Waals surface area (Å²) >= 11 is 1.47. The Labute approximate surface area is 237 Å². The van der Waals surface area contributed by atoms with Crippen molar-refractivity contribution < 1.29 is 4.79 Å². The smallest absolute Gasteiger partial charge is 0.257 e. The van der Waals surface area contributed by atoms with Crippen LogP contribution in [0, 0.1) is 6.92 Å². The van der Waals surface area contributed by atoms with E-state index in [1.807, 2.05) is 61.5 Å². The summed E-state index contributed by atoms with van der Waals surface area (Å²) in [4.78, 5) is 27.7. The molecule has 1 saturated heterocycles. The van der Waals surface area contributed by atoms with Crippen molar-refractivity contribution in [3.8, 4) is 10.4 Å². The van der Waals surface area contributed by atoms with Gasteiger partial charge in [-0.05, 0) is 73.6 Å². The SMILES string of the molecule is Cc1nc(NC(=O)c2ccc(CN3CCN(C)CC3)cc2)sc1-c1ccc2c(C=Cc3ccccn3)n[nH]c2c1. The molecule has 2 N–H and O–H groups in total. The lowest BCUT2D eigenvalue weighted by Crippen LogP contribution is -2.43. The van der Waals surface area contributed by atoms with Gasteiger partial charge in [-0.15, -0.1) is 0 Å². The molecular formula is C31H31N7OS. The lowest BCUT2D eigenvalue weighted by Gasteiger charge is -2.32. The fraction of sp³-hybridized carbons (Fsp3) is 0.226. The number of rotatable bonds is 7. The van der Waals surface area contributed by atoms with E-state index in [4.69, 9.17) is 0 Å². The molecular weight excluding hydrogens is 518 g/mol. The standard InChI is InChI=1S/C31H31N7OS/c1-21-29(24-10-12-26-27(35-36-28(26)19-24)13-11-25-5-3-4-14-32-25)40-31(33-21)34-30(39)23-8-6-22(7-9-23)20-38-17-15-37(2)16-18-38/h3-14,19H,15-18,20H2,1-2H3,(H,35,36)(H,33,34,39). The summed E-state index contributed by atoms with van der Waals surface area (Å²) in [6.07, 6.45) is 5.69. The molecule has 202 valence electrons. The van der Waals surface area contributed by atoms with Gasteiger partial charge in [0, 0.05) is 49.9 Å². The highest BCUT2D eigenvalue weighted by Gasteiger charge is 2.16. The van der Waals surface area contributed by atoms with Crippen LogP contribution in [-0.4, -0.2) is 69.1 Å². The number of carbonyl (C=O) groups excluding carboxylic acids is 1. The predicted octanol–water partition coefficient (Wildman–Crippen LogP) is 5.56. The van der Waals surface area contributed by atoms with Crippen molar-refractivity contribution in [1.82, 2.24) is 30.0 Å². The number of benzene rings is 2. The number of amides is 1. The minimum Gasteiger partial charge on any atom is -0.304 e. The first-order valence-electron chi connectivity index (χ1n) is 13.4. The van der Waals surface area contributed by atoms with Gasteiger partial charge in [-0.2, -0.15) is 5.10 Å². The van der Waals surface area contributed by atoms with Gasteiger partial charge >= 0.3 is 0 Å². The maximum Gasteiger partial charge on any atom is 0.257 e. The molecule has 5 aromatic rings. The average Bonchev–Trinajstić information content (AvgIpc) is 3.56. The Kier molecular flexibility index (Phi) is 7.50. The van der Waals surface area contributed by atoms with Gasteiger partial charge < -0.3 is 4.90 Å². The summed E-state index contributed by atoms with van der Waals surface area (Å²) in [5.74, 6) is -0.153. The zero-order valence-corrected chi connectivity index (χ0v) is 23.4. The topological polar surface area (TPSA) is 90.0 Å². The molecule has 0 unspecified atom stereocenters. The second-order valence-corrected chi connectivity index (χ2v) is 11.1. The van der Waals surface area contributed by atoms with E-state index in [0.29, 0.717) is 10.7 Å². The third kappa shape index (κ3) is 5.86. The number of thiazole rings is 1. The van der Waals surface area contributed by atoms with Crippen LogP contribution in [0.25, 0.3) is 33.5 Å². The zero-order valence-electron chi connectivity index (χ0n) is 22.6. The number of aromatic nitrogens is 4. The van der Waals surface area contributed by atoms with Crippen LogP contribution in [0.2, 0.25) is 0 Å². The van der Waals surface area contributed by atoms with E-state index in [1.54, 1.807) is 6.20 Å². The van der Waals surface area contributed by atoms with Gasteiger partial charge in [0.1, 0.15) is 0 Å². The van der Waals surface area contributed by atoms with Gasteiger partial charge in [-0.25, -0.2) is 4.98 Å². The molecule has 0 bridgehead atoms. The highest BCUT2D eigenvalue weighted by atomic mass is 32.1. The molecule has 0 spiro atoms. The molecule has 2 aromatic carbocycles. The fourth-order valence-corrected chi connectivity index (χ4v) is 5.82.